The Morgan fingerprint density at radius 3 is 2.74 bits per heavy atom. The Morgan fingerprint density at radius 2 is 2.00 bits per heavy atom. The number of anilines is 2. The number of hydrogen-bond donors (Lipinski definition) is 2. The number of carboxylic acids is 1. The van der Waals surface area contributed by atoms with Crippen molar-refractivity contribution in [2.24, 2.45) is 11.8 Å². The first kappa shape index (κ1) is 18.7. The normalized spacial score (nSPS) is 19.4. The minimum Gasteiger partial charge on any atom is -0.495 e. The van der Waals surface area contributed by atoms with Crippen molar-refractivity contribution in [1.82, 2.24) is 9.88 Å². The molecular formula is C20H23N3O4. The van der Waals surface area contributed by atoms with E-state index in [1.54, 1.807) is 30.3 Å². The molecule has 2 aromatic rings. The Balaban J connectivity index is 1.87. The Bertz CT molecular complexity index is 839. The molecule has 1 aromatic heterocycles. The maximum atomic E-state index is 13.1. The fraction of sp³-hybridized carbons (Fsp3) is 0.350. The van der Waals surface area contributed by atoms with Gasteiger partial charge in [0.2, 0.25) is 0 Å². The van der Waals surface area contributed by atoms with E-state index in [1.807, 2.05) is 31.2 Å². The number of rotatable bonds is 5. The van der Waals surface area contributed by atoms with Gasteiger partial charge in [0.05, 0.1) is 24.3 Å². The lowest BCUT2D eigenvalue weighted by Gasteiger charge is -2.35. The van der Waals surface area contributed by atoms with Crippen LogP contribution in [0, 0.1) is 11.8 Å². The first-order chi connectivity index (χ1) is 13.0. The van der Waals surface area contributed by atoms with Crippen LogP contribution in [0.2, 0.25) is 0 Å². The molecule has 2 unspecified atom stereocenters. The number of carbonyl (C=O) groups excluding carboxylic acids is 1. The molecule has 1 amide bonds. The van der Waals surface area contributed by atoms with Crippen molar-refractivity contribution >= 4 is 23.4 Å². The van der Waals surface area contributed by atoms with Crippen molar-refractivity contribution in [3.05, 3.63) is 48.2 Å². The Morgan fingerprint density at radius 1 is 1.22 bits per heavy atom. The zero-order chi connectivity index (χ0) is 19.4. The average Bonchev–Trinajstić information content (AvgIpc) is 2.67. The molecule has 0 aliphatic carbocycles. The summed E-state index contributed by atoms with van der Waals surface area (Å²) in [6, 6.07) is 10.8. The molecule has 1 aromatic carbocycles. The average molecular weight is 369 g/mol. The lowest BCUT2D eigenvalue weighted by Crippen LogP contribution is -2.45. The highest BCUT2D eigenvalue weighted by atomic mass is 16.5. The van der Waals surface area contributed by atoms with E-state index in [-0.39, 0.29) is 18.4 Å². The van der Waals surface area contributed by atoms with E-state index in [1.165, 1.54) is 0 Å². The van der Waals surface area contributed by atoms with E-state index in [4.69, 9.17) is 4.74 Å². The number of hydrogen-bond acceptors (Lipinski definition) is 5. The van der Waals surface area contributed by atoms with Crippen LogP contribution in [0.3, 0.4) is 0 Å². The summed E-state index contributed by atoms with van der Waals surface area (Å²) < 4.78 is 5.34. The second-order valence-electron chi connectivity index (χ2n) is 6.81. The predicted octanol–water partition coefficient (Wildman–Crippen LogP) is 3.02. The van der Waals surface area contributed by atoms with Crippen LogP contribution in [0.1, 0.15) is 23.7 Å². The third-order valence-electron chi connectivity index (χ3n) is 4.69. The minimum absolute atomic E-state index is 0.131. The summed E-state index contributed by atoms with van der Waals surface area (Å²) >= 11 is 0. The molecule has 1 saturated heterocycles. The summed E-state index contributed by atoms with van der Waals surface area (Å²) in [4.78, 5) is 30.4. The van der Waals surface area contributed by atoms with Crippen LogP contribution in [-0.4, -0.2) is 47.1 Å². The molecule has 1 aliphatic rings. The molecule has 2 atom stereocenters. The maximum Gasteiger partial charge on any atom is 0.308 e. The van der Waals surface area contributed by atoms with Crippen molar-refractivity contribution in [3.8, 4) is 5.75 Å². The van der Waals surface area contributed by atoms with E-state index >= 15 is 0 Å². The summed E-state index contributed by atoms with van der Waals surface area (Å²) in [5.74, 6) is -0.446. The minimum atomic E-state index is -0.863. The fourth-order valence-corrected chi connectivity index (χ4v) is 3.42. The topological polar surface area (TPSA) is 91.8 Å². The molecule has 7 nitrogen and oxygen atoms in total. The lowest BCUT2D eigenvalue weighted by molar-refractivity contribution is -0.143. The van der Waals surface area contributed by atoms with Crippen molar-refractivity contribution in [2.75, 3.05) is 25.5 Å². The standard InChI is InChI=1S/C20H23N3O4/c1-13-10-14(20(25)26)12-23(11-13)19(24)15-6-5-9-21-18(15)22-16-7-3-4-8-17(16)27-2/h3-9,13-14H,10-12H2,1-2H3,(H,21,22)(H,25,26). The number of carbonyl (C=O) groups is 2. The number of methoxy groups -OCH3 is 1. The summed E-state index contributed by atoms with van der Waals surface area (Å²) in [5, 5.41) is 12.5. The van der Waals surface area contributed by atoms with E-state index < -0.39 is 11.9 Å². The van der Waals surface area contributed by atoms with Crippen LogP contribution in [-0.2, 0) is 4.79 Å². The zero-order valence-electron chi connectivity index (χ0n) is 15.4. The second-order valence-corrected chi connectivity index (χ2v) is 6.81. The van der Waals surface area contributed by atoms with Crippen LogP contribution in [0.4, 0.5) is 11.5 Å². The van der Waals surface area contributed by atoms with Crippen LogP contribution < -0.4 is 10.1 Å². The van der Waals surface area contributed by atoms with Gasteiger partial charge in [0, 0.05) is 19.3 Å². The SMILES string of the molecule is COc1ccccc1Nc1ncccc1C(=O)N1CC(C)CC(C(=O)O)C1. The maximum absolute atomic E-state index is 13.1. The molecule has 3 rings (SSSR count). The van der Waals surface area contributed by atoms with Crippen molar-refractivity contribution in [1.29, 1.82) is 0 Å². The van der Waals surface area contributed by atoms with Crippen molar-refractivity contribution < 1.29 is 19.4 Å². The Kier molecular flexibility index (Phi) is 5.59. The molecule has 2 heterocycles. The summed E-state index contributed by atoms with van der Waals surface area (Å²) in [7, 11) is 1.58. The number of aliphatic carboxylic acids is 1. The number of pyridine rings is 1. The third kappa shape index (κ3) is 4.19. The number of piperidine rings is 1. The number of amides is 1. The molecule has 7 heteroatoms. The molecule has 27 heavy (non-hydrogen) atoms. The molecule has 142 valence electrons. The summed E-state index contributed by atoms with van der Waals surface area (Å²) in [6.45, 7) is 2.71. The highest BCUT2D eigenvalue weighted by Crippen LogP contribution is 2.29. The molecule has 0 bridgehead atoms. The smallest absolute Gasteiger partial charge is 0.308 e. The van der Waals surface area contributed by atoms with Gasteiger partial charge < -0.3 is 20.1 Å². The van der Waals surface area contributed by atoms with Crippen molar-refractivity contribution in [2.45, 2.75) is 13.3 Å². The highest BCUT2D eigenvalue weighted by molar-refractivity contribution is 5.99. The molecule has 0 radical (unpaired) electrons. The van der Waals surface area contributed by atoms with E-state index in [9.17, 15) is 14.7 Å². The summed E-state index contributed by atoms with van der Waals surface area (Å²) in [6.07, 6.45) is 2.19. The number of likely N-dealkylation sites (tertiary alicyclic amines) is 1. The van der Waals surface area contributed by atoms with Gasteiger partial charge in [-0.2, -0.15) is 0 Å². The predicted molar refractivity (Wildman–Crippen MR) is 101 cm³/mol. The Labute approximate surface area is 158 Å². The van der Waals surface area contributed by atoms with Gasteiger partial charge in [-0.1, -0.05) is 19.1 Å². The highest BCUT2D eigenvalue weighted by Gasteiger charge is 2.33. The third-order valence-corrected chi connectivity index (χ3v) is 4.69. The van der Waals surface area contributed by atoms with Crippen LogP contribution in [0.15, 0.2) is 42.6 Å². The van der Waals surface area contributed by atoms with Gasteiger partial charge >= 0.3 is 5.97 Å². The van der Waals surface area contributed by atoms with E-state index in [0.717, 1.165) is 0 Å². The molecule has 0 spiro atoms. The first-order valence-corrected chi connectivity index (χ1v) is 8.86. The van der Waals surface area contributed by atoms with Crippen LogP contribution >= 0.6 is 0 Å². The van der Waals surface area contributed by atoms with Crippen LogP contribution in [0.5, 0.6) is 5.75 Å². The van der Waals surface area contributed by atoms with Gasteiger partial charge in [-0.05, 0) is 36.6 Å². The Hall–Kier alpha value is -3.09. The number of para-hydroxylation sites is 2. The quantitative estimate of drug-likeness (QED) is 0.842. The molecule has 2 N–H and O–H groups in total. The molecule has 1 fully saturated rings. The molecule has 0 saturated carbocycles. The van der Waals surface area contributed by atoms with Gasteiger partial charge in [-0.25, -0.2) is 4.98 Å². The number of ether oxygens (including phenoxy) is 1. The van der Waals surface area contributed by atoms with Gasteiger partial charge in [0.25, 0.3) is 5.91 Å². The van der Waals surface area contributed by atoms with E-state index in [2.05, 4.69) is 10.3 Å². The van der Waals surface area contributed by atoms with Crippen molar-refractivity contribution in [3.63, 3.8) is 0 Å². The molecular weight excluding hydrogens is 346 g/mol. The van der Waals surface area contributed by atoms with Crippen LogP contribution in [0.25, 0.3) is 0 Å². The largest absolute Gasteiger partial charge is 0.495 e. The van der Waals surface area contributed by atoms with Gasteiger partial charge in [-0.15, -0.1) is 0 Å². The van der Waals surface area contributed by atoms with E-state index in [0.29, 0.717) is 35.8 Å². The molecule has 1 aliphatic heterocycles. The van der Waals surface area contributed by atoms with Gasteiger partial charge in [0.15, 0.2) is 0 Å². The number of carboxylic acid groups (broad SMARTS) is 1. The monoisotopic (exact) mass is 369 g/mol. The van der Waals surface area contributed by atoms with Gasteiger partial charge in [0.1, 0.15) is 11.6 Å². The number of benzene rings is 1. The first-order valence-electron chi connectivity index (χ1n) is 8.86. The number of nitrogens with one attached hydrogen (secondary N) is 1. The number of nitrogens with zero attached hydrogens (tertiary/aromatic N) is 2. The fourth-order valence-electron chi connectivity index (χ4n) is 3.42. The lowest BCUT2D eigenvalue weighted by atomic mass is 9.90. The summed E-state index contributed by atoms with van der Waals surface area (Å²) in [5.41, 5.74) is 1.10. The number of aromatic nitrogens is 1. The van der Waals surface area contributed by atoms with Gasteiger partial charge in [-0.3, -0.25) is 9.59 Å². The second kappa shape index (κ2) is 8.07. The zero-order valence-corrected chi connectivity index (χ0v) is 15.4.